The number of benzene rings is 1. The summed E-state index contributed by atoms with van der Waals surface area (Å²) in [5, 5.41) is 0. The number of hydrogen-bond donors (Lipinski definition) is 1. The van der Waals surface area contributed by atoms with Crippen LogP contribution in [0, 0.1) is 5.92 Å². The van der Waals surface area contributed by atoms with Gasteiger partial charge < -0.3 is 15.2 Å². The van der Waals surface area contributed by atoms with Crippen LogP contribution >= 0.6 is 11.8 Å². The third kappa shape index (κ3) is 4.96. The fourth-order valence-corrected chi connectivity index (χ4v) is 2.91. The van der Waals surface area contributed by atoms with Crippen molar-refractivity contribution in [2.45, 2.75) is 26.3 Å². The maximum Gasteiger partial charge on any atom is 0.161 e. The number of methoxy groups -OCH3 is 2. The van der Waals surface area contributed by atoms with Gasteiger partial charge in [-0.05, 0) is 29.4 Å². The maximum atomic E-state index is 6.22. The molecule has 0 aromatic heterocycles. The quantitative estimate of drug-likeness (QED) is 0.793. The lowest BCUT2D eigenvalue weighted by atomic mass is 10.1. The van der Waals surface area contributed by atoms with E-state index in [-0.39, 0.29) is 6.04 Å². The average Bonchev–Trinajstić information content (AvgIpc) is 2.45. The molecule has 3 nitrogen and oxygen atoms in total. The highest BCUT2D eigenvalue weighted by molar-refractivity contribution is 7.99. The zero-order valence-electron chi connectivity index (χ0n) is 12.3. The molecule has 0 saturated carbocycles. The Labute approximate surface area is 120 Å². The molecule has 0 bridgehead atoms. The predicted octanol–water partition coefficient (Wildman–Crippen LogP) is 3.48. The lowest BCUT2D eigenvalue weighted by Crippen LogP contribution is -2.14. The van der Waals surface area contributed by atoms with Gasteiger partial charge in [0.2, 0.25) is 0 Å². The number of nitrogens with two attached hydrogens (primary N) is 1. The minimum atomic E-state index is 0.0360. The van der Waals surface area contributed by atoms with E-state index in [1.807, 2.05) is 30.0 Å². The lowest BCUT2D eigenvalue weighted by Gasteiger charge is -2.15. The molecule has 0 aliphatic rings. The number of rotatable bonds is 8. The predicted molar refractivity (Wildman–Crippen MR) is 83.3 cm³/mol. The molecule has 0 fully saturated rings. The van der Waals surface area contributed by atoms with Crippen molar-refractivity contribution in [3.05, 3.63) is 23.8 Å². The van der Waals surface area contributed by atoms with Gasteiger partial charge in [-0.25, -0.2) is 0 Å². The Bertz CT molecular complexity index is 384. The van der Waals surface area contributed by atoms with Crippen molar-refractivity contribution >= 4 is 11.8 Å². The topological polar surface area (TPSA) is 44.5 Å². The van der Waals surface area contributed by atoms with E-state index >= 15 is 0 Å². The van der Waals surface area contributed by atoms with Crippen LogP contribution in [0.1, 0.15) is 31.9 Å². The van der Waals surface area contributed by atoms with Crippen LogP contribution in [0.25, 0.3) is 0 Å². The van der Waals surface area contributed by atoms with E-state index < -0.39 is 0 Å². The Morgan fingerprint density at radius 3 is 2.42 bits per heavy atom. The second kappa shape index (κ2) is 8.33. The molecule has 0 aliphatic carbocycles. The number of hydrogen-bond acceptors (Lipinski definition) is 4. The van der Waals surface area contributed by atoms with Gasteiger partial charge in [-0.1, -0.05) is 26.3 Å². The van der Waals surface area contributed by atoms with E-state index in [0.29, 0.717) is 0 Å². The molecule has 0 amide bonds. The third-order valence-corrected chi connectivity index (χ3v) is 4.63. The summed E-state index contributed by atoms with van der Waals surface area (Å²) in [4.78, 5) is 0. The normalized spacial score (nSPS) is 13.9. The number of thioether (sulfide) groups is 1. The molecule has 0 radical (unpaired) electrons. The minimum absolute atomic E-state index is 0.0360. The van der Waals surface area contributed by atoms with E-state index in [2.05, 4.69) is 13.8 Å². The largest absolute Gasteiger partial charge is 0.493 e. The van der Waals surface area contributed by atoms with Gasteiger partial charge >= 0.3 is 0 Å². The second-order valence-electron chi connectivity index (χ2n) is 4.77. The van der Waals surface area contributed by atoms with Gasteiger partial charge in [-0.3, -0.25) is 0 Å². The highest BCUT2D eigenvalue weighted by Gasteiger charge is 2.11. The first-order valence-corrected chi connectivity index (χ1v) is 7.83. The van der Waals surface area contributed by atoms with Crippen molar-refractivity contribution in [2.24, 2.45) is 11.7 Å². The van der Waals surface area contributed by atoms with Gasteiger partial charge in [0.25, 0.3) is 0 Å². The summed E-state index contributed by atoms with van der Waals surface area (Å²) >= 11 is 1.92. The summed E-state index contributed by atoms with van der Waals surface area (Å²) in [5.41, 5.74) is 7.31. The first-order valence-electron chi connectivity index (χ1n) is 6.67. The minimum Gasteiger partial charge on any atom is -0.493 e. The van der Waals surface area contributed by atoms with E-state index in [1.54, 1.807) is 14.2 Å². The Morgan fingerprint density at radius 1 is 1.16 bits per heavy atom. The zero-order valence-corrected chi connectivity index (χ0v) is 13.1. The van der Waals surface area contributed by atoms with Gasteiger partial charge in [-0.15, -0.1) is 0 Å². The smallest absolute Gasteiger partial charge is 0.161 e. The highest BCUT2D eigenvalue weighted by Crippen LogP contribution is 2.30. The van der Waals surface area contributed by atoms with Crippen LogP contribution in [-0.2, 0) is 0 Å². The molecule has 0 saturated heterocycles. The molecule has 1 rings (SSSR count). The molecule has 0 heterocycles. The van der Waals surface area contributed by atoms with Crippen molar-refractivity contribution in [1.82, 2.24) is 0 Å². The highest BCUT2D eigenvalue weighted by atomic mass is 32.2. The van der Waals surface area contributed by atoms with E-state index in [9.17, 15) is 0 Å². The molecule has 2 atom stereocenters. The van der Waals surface area contributed by atoms with E-state index in [1.165, 1.54) is 6.42 Å². The molecular weight excluding hydrogens is 258 g/mol. The maximum absolute atomic E-state index is 6.22. The van der Waals surface area contributed by atoms with Crippen molar-refractivity contribution in [3.63, 3.8) is 0 Å². The average molecular weight is 283 g/mol. The van der Waals surface area contributed by atoms with Crippen LogP contribution in [-0.4, -0.2) is 25.7 Å². The van der Waals surface area contributed by atoms with Crippen molar-refractivity contribution in [3.8, 4) is 11.5 Å². The summed E-state index contributed by atoms with van der Waals surface area (Å²) in [5.74, 6) is 4.33. The Hall–Kier alpha value is -0.870. The molecule has 0 aliphatic heterocycles. The van der Waals surface area contributed by atoms with Crippen LogP contribution in [0.2, 0.25) is 0 Å². The molecule has 1 aromatic carbocycles. The summed E-state index contributed by atoms with van der Waals surface area (Å²) in [6.07, 6.45) is 1.22. The van der Waals surface area contributed by atoms with Crippen LogP contribution in [0.15, 0.2) is 18.2 Å². The summed E-state index contributed by atoms with van der Waals surface area (Å²) < 4.78 is 10.5. The SMILES string of the molecule is CCC(C)CSCC(N)c1ccc(OC)c(OC)c1. The van der Waals surface area contributed by atoms with E-state index in [4.69, 9.17) is 15.2 Å². The van der Waals surface area contributed by atoms with Gasteiger partial charge in [0.1, 0.15) is 0 Å². The van der Waals surface area contributed by atoms with Crippen LogP contribution < -0.4 is 15.2 Å². The summed E-state index contributed by atoms with van der Waals surface area (Å²) in [6, 6.07) is 5.92. The fraction of sp³-hybridized carbons (Fsp3) is 0.600. The van der Waals surface area contributed by atoms with Crippen LogP contribution in [0.5, 0.6) is 11.5 Å². The monoisotopic (exact) mass is 283 g/mol. The molecular formula is C15H25NO2S. The summed E-state index contributed by atoms with van der Waals surface area (Å²) in [6.45, 7) is 4.49. The van der Waals surface area contributed by atoms with Gasteiger partial charge in [0.15, 0.2) is 11.5 Å². The zero-order chi connectivity index (χ0) is 14.3. The standard InChI is InChI=1S/C15H25NO2S/c1-5-11(2)9-19-10-13(16)12-6-7-14(17-3)15(8-12)18-4/h6-8,11,13H,5,9-10,16H2,1-4H3. The molecule has 2 N–H and O–H groups in total. The summed E-state index contributed by atoms with van der Waals surface area (Å²) in [7, 11) is 3.28. The van der Waals surface area contributed by atoms with E-state index in [0.717, 1.165) is 34.5 Å². The Morgan fingerprint density at radius 2 is 1.84 bits per heavy atom. The fourth-order valence-electron chi connectivity index (χ4n) is 1.69. The third-order valence-electron chi connectivity index (χ3n) is 3.23. The first-order chi connectivity index (χ1) is 9.12. The molecule has 4 heteroatoms. The molecule has 19 heavy (non-hydrogen) atoms. The Kier molecular flexibility index (Phi) is 7.10. The van der Waals surface area contributed by atoms with Crippen LogP contribution in [0.4, 0.5) is 0 Å². The van der Waals surface area contributed by atoms with Crippen LogP contribution in [0.3, 0.4) is 0 Å². The number of ether oxygens (including phenoxy) is 2. The molecule has 108 valence electrons. The van der Waals surface area contributed by atoms with Gasteiger partial charge in [0, 0.05) is 11.8 Å². The van der Waals surface area contributed by atoms with Crippen molar-refractivity contribution in [2.75, 3.05) is 25.7 Å². The molecule has 2 unspecified atom stereocenters. The second-order valence-corrected chi connectivity index (χ2v) is 5.85. The van der Waals surface area contributed by atoms with Crippen molar-refractivity contribution in [1.29, 1.82) is 0 Å². The van der Waals surface area contributed by atoms with Crippen molar-refractivity contribution < 1.29 is 9.47 Å². The molecule has 0 spiro atoms. The Balaban J connectivity index is 2.59. The van der Waals surface area contributed by atoms with Gasteiger partial charge in [0.05, 0.1) is 14.2 Å². The lowest BCUT2D eigenvalue weighted by molar-refractivity contribution is 0.354. The van der Waals surface area contributed by atoms with Gasteiger partial charge in [-0.2, -0.15) is 11.8 Å². The first kappa shape index (κ1) is 16.2. The molecule has 1 aromatic rings.